The van der Waals surface area contributed by atoms with Crippen LogP contribution in [0.4, 0.5) is 11.5 Å². The van der Waals surface area contributed by atoms with Gasteiger partial charge in [-0.2, -0.15) is 0 Å². The number of para-hydroxylation sites is 1. The summed E-state index contributed by atoms with van der Waals surface area (Å²) in [5.41, 5.74) is 4.01. The summed E-state index contributed by atoms with van der Waals surface area (Å²) < 4.78 is 0. The summed E-state index contributed by atoms with van der Waals surface area (Å²) in [4.78, 5) is 34.2. The molecule has 6 nitrogen and oxygen atoms in total. The van der Waals surface area contributed by atoms with Crippen molar-refractivity contribution in [3.8, 4) is 0 Å². The monoisotopic (exact) mass is 428 g/mol. The van der Waals surface area contributed by atoms with E-state index in [-0.39, 0.29) is 12.3 Å². The Labute approximate surface area is 188 Å². The quantitative estimate of drug-likeness (QED) is 0.650. The molecular weight excluding hydrogens is 400 g/mol. The molecule has 0 spiro atoms. The maximum absolute atomic E-state index is 12.9. The zero-order valence-electron chi connectivity index (χ0n) is 18.3. The van der Waals surface area contributed by atoms with Crippen molar-refractivity contribution in [2.45, 2.75) is 19.8 Å². The second-order valence-corrected chi connectivity index (χ2v) is 8.00. The molecule has 0 unspecified atom stereocenters. The van der Waals surface area contributed by atoms with Gasteiger partial charge in [-0.15, -0.1) is 0 Å². The third-order valence-electron chi connectivity index (χ3n) is 5.80. The normalized spacial score (nSPS) is 13.7. The molecular formula is C26H28N4O2. The summed E-state index contributed by atoms with van der Waals surface area (Å²) in [5.74, 6) is -0.0455. The Morgan fingerprint density at radius 3 is 2.31 bits per heavy atom. The number of rotatable bonds is 6. The Balaban J connectivity index is 1.38. The van der Waals surface area contributed by atoms with Gasteiger partial charge in [0.2, 0.25) is 5.91 Å². The van der Waals surface area contributed by atoms with Crippen LogP contribution in [0.1, 0.15) is 27.9 Å². The predicted molar refractivity (Wildman–Crippen MR) is 127 cm³/mol. The van der Waals surface area contributed by atoms with Crippen LogP contribution in [0.3, 0.4) is 0 Å². The van der Waals surface area contributed by atoms with E-state index in [2.05, 4.69) is 51.3 Å². The van der Waals surface area contributed by atoms with Gasteiger partial charge in [-0.1, -0.05) is 48.5 Å². The fourth-order valence-electron chi connectivity index (χ4n) is 4.06. The highest BCUT2D eigenvalue weighted by atomic mass is 16.2. The van der Waals surface area contributed by atoms with Crippen LogP contribution < -0.4 is 15.1 Å². The number of benzene rings is 2. The first-order valence-electron chi connectivity index (χ1n) is 11.0. The minimum atomic E-state index is -0.396. The number of imide groups is 1. The zero-order chi connectivity index (χ0) is 22.3. The first kappa shape index (κ1) is 21.6. The molecule has 1 N–H and O–H groups in total. The van der Waals surface area contributed by atoms with Crippen molar-refractivity contribution in [3.63, 3.8) is 0 Å². The molecule has 32 heavy (non-hydrogen) atoms. The Bertz CT molecular complexity index is 1080. The van der Waals surface area contributed by atoms with E-state index in [1.54, 1.807) is 18.3 Å². The highest BCUT2D eigenvalue weighted by Crippen LogP contribution is 2.24. The molecule has 1 fully saturated rings. The lowest BCUT2D eigenvalue weighted by Gasteiger charge is -2.37. The predicted octanol–water partition coefficient (Wildman–Crippen LogP) is 3.61. The highest BCUT2D eigenvalue weighted by molar-refractivity contribution is 6.07. The first-order chi connectivity index (χ1) is 15.6. The number of hydrogen-bond donors (Lipinski definition) is 1. The van der Waals surface area contributed by atoms with Gasteiger partial charge in [0, 0.05) is 44.5 Å². The van der Waals surface area contributed by atoms with Crippen LogP contribution in [0.15, 0.2) is 72.9 Å². The molecule has 0 aliphatic carbocycles. The molecule has 1 saturated heterocycles. The molecule has 2 heterocycles. The van der Waals surface area contributed by atoms with Crippen LogP contribution in [0.5, 0.6) is 0 Å². The first-order valence-corrected chi connectivity index (χ1v) is 11.0. The number of amides is 2. The van der Waals surface area contributed by atoms with Crippen molar-refractivity contribution in [1.82, 2.24) is 10.3 Å². The lowest BCUT2D eigenvalue weighted by Crippen LogP contribution is -2.47. The van der Waals surface area contributed by atoms with Crippen LogP contribution in [0.25, 0.3) is 0 Å². The number of anilines is 2. The fourth-order valence-corrected chi connectivity index (χ4v) is 4.06. The topological polar surface area (TPSA) is 65.5 Å². The van der Waals surface area contributed by atoms with Crippen LogP contribution in [-0.2, 0) is 11.2 Å². The lowest BCUT2D eigenvalue weighted by atomic mass is 10.1. The summed E-state index contributed by atoms with van der Waals surface area (Å²) in [6.07, 6.45) is 2.55. The van der Waals surface area contributed by atoms with E-state index < -0.39 is 5.91 Å². The van der Waals surface area contributed by atoms with Gasteiger partial charge in [0.15, 0.2) is 0 Å². The van der Waals surface area contributed by atoms with Gasteiger partial charge >= 0.3 is 0 Å². The van der Waals surface area contributed by atoms with Crippen molar-refractivity contribution in [3.05, 3.63) is 89.6 Å². The average molecular weight is 429 g/mol. The van der Waals surface area contributed by atoms with Gasteiger partial charge in [0.1, 0.15) is 5.82 Å². The van der Waals surface area contributed by atoms with Crippen molar-refractivity contribution in [2.24, 2.45) is 0 Å². The van der Waals surface area contributed by atoms with E-state index in [9.17, 15) is 9.59 Å². The largest absolute Gasteiger partial charge is 0.368 e. The summed E-state index contributed by atoms with van der Waals surface area (Å²) in [5, 5.41) is 2.53. The van der Waals surface area contributed by atoms with E-state index in [4.69, 9.17) is 0 Å². The van der Waals surface area contributed by atoms with E-state index in [1.165, 1.54) is 11.3 Å². The number of pyridine rings is 1. The van der Waals surface area contributed by atoms with Crippen LogP contribution >= 0.6 is 0 Å². The molecule has 0 atom stereocenters. The maximum Gasteiger partial charge on any atom is 0.261 e. The number of aromatic nitrogens is 1. The van der Waals surface area contributed by atoms with Gasteiger partial charge in [0.05, 0.1) is 5.56 Å². The van der Waals surface area contributed by atoms with Gasteiger partial charge in [-0.05, 0) is 42.7 Å². The Morgan fingerprint density at radius 2 is 1.56 bits per heavy atom. The summed E-state index contributed by atoms with van der Waals surface area (Å²) >= 11 is 0. The smallest absolute Gasteiger partial charge is 0.261 e. The van der Waals surface area contributed by atoms with E-state index in [0.29, 0.717) is 17.8 Å². The number of piperazine rings is 1. The van der Waals surface area contributed by atoms with E-state index in [0.717, 1.165) is 31.7 Å². The summed E-state index contributed by atoms with van der Waals surface area (Å²) in [6.45, 7) is 5.33. The number of nitrogens with zero attached hydrogens (tertiary/aromatic N) is 3. The molecule has 6 heteroatoms. The van der Waals surface area contributed by atoms with Gasteiger partial charge in [-0.3, -0.25) is 14.9 Å². The molecule has 0 radical (unpaired) electrons. The van der Waals surface area contributed by atoms with Crippen molar-refractivity contribution in [1.29, 1.82) is 0 Å². The number of aryl methyl sites for hydroxylation is 2. The number of nitrogens with one attached hydrogen (secondary N) is 1. The zero-order valence-corrected chi connectivity index (χ0v) is 18.3. The van der Waals surface area contributed by atoms with Crippen molar-refractivity contribution >= 4 is 23.3 Å². The summed E-state index contributed by atoms with van der Waals surface area (Å²) in [6, 6.07) is 21.6. The Hall–Kier alpha value is -3.67. The molecule has 3 aromatic rings. The Kier molecular flexibility index (Phi) is 6.80. The third-order valence-corrected chi connectivity index (χ3v) is 5.80. The minimum Gasteiger partial charge on any atom is -0.368 e. The fraction of sp³-hybridized carbons (Fsp3) is 0.269. The minimum absolute atomic E-state index is 0.264. The van der Waals surface area contributed by atoms with E-state index >= 15 is 0 Å². The standard InChI is InChI=1S/C26H28N4O2/c1-20-8-5-6-12-23(20)29-16-18-30(19-17-29)25-22(11-7-15-27-25)26(32)28-24(31)14-13-21-9-3-2-4-10-21/h2-12,15H,13-14,16-19H2,1H3,(H,28,31,32). The third kappa shape index (κ3) is 5.14. The highest BCUT2D eigenvalue weighted by Gasteiger charge is 2.24. The van der Waals surface area contributed by atoms with Crippen LogP contribution in [-0.4, -0.2) is 43.0 Å². The molecule has 2 aromatic carbocycles. The average Bonchev–Trinajstić information content (AvgIpc) is 2.84. The van der Waals surface area contributed by atoms with Crippen molar-refractivity contribution < 1.29 is 9.59 Å². The van der Waals surface area contributed by atoms with Gasteiger partial charge in [-0.25, -0.2) is 4.98 Å². The van der Waals surface area contributed by atoms with Gasteiger partial charge < -0.3 is 9.80 Å². The molecule has 1 aliphatic heterocycles. The lowest BCUT2D eigenvalue weighted by molar-refractivity contribution is -0.120. The maximum atomic E-state index is 12.9. The van der Waals surface area contributed by atoms with Crippen molar-refractivity contribution in [2.75, 3.05) is 36.0 Å². The second-order valence-electron chi connectivity index (χ2n) is 8.00. The molecule has 2 amide bonds. The van der Waals surface area contributed by atoms with Crippen LogP contribution in [0, 0.1) is 6.92 Å². The Morgan fingerprint density at radius 1 is 0.875 bits per heavy atom. The number of hydrogen-bond acceptors (Lipinski definition) is 5. The molecule has 0 saturated carbocycles. The number of carbonyl (C=O) groups excluding carboxylic acids is 2. The molecule has 1 aromatic heterocycles. The summed E-state index contributed by atoms with van der Waals surface area (Å²) in [7, 11) is 0. The second kappa shape index (κ2) is 10.1. The molecule has 1 aliphatic rings. The van der Waals surface area contributed by atoms with E-state index in [1.807, 2.05) is 30.3 Å². The molecule has 0 bridgehead atoms. The van der Waals surface area contributed by atoms with Crippen LogP contribution in [0.2, 0.25) is 0 Å². The SMILES string of the molecule is Cc1ccccc1N1CCN(c2ncccc2C(=O)NC(=O)CCc2ccccc2)CC1. The van der Waals surface area contributed by atoms with Gasteiger partial charge in [0.25, 0.3) is 5.91 Å². The number of carbonyl (C=O) groups is 2. The molecule has 164 valence electrons. The molecule has 4 rings (SSSR count).